The zero-order valence-corrected chi connectivity index (χ0v) is 9.20. The highest BCUT2D eigenvalue weighted by atomic mass is 16.3. The van der Waals surface area contributed by atoms with Gasteiger partial charge in [-0.05, 0) is 25.5 Å². The van der Waals surface area contributed by atoms with Crippen molar-refractivity contribution in [2.45, 2.75) is 13.8 Å². The highest BCUT2D eigenvalue weighted by Crippen LogP contribution is 2.29. The zero-order chi connectivity index (χ0) is 11.2. The van der Waals surface area contributed by atoms with Gasteiger partial charge in [0.2, 0.25) is 0 Å². The summed E-state index contributed by atoms with van der Waals surface area (Å²) in [7, 11) is 1.96. The molecule has 1 aromatic heterocycles. The van der Waals surface area contributed by atoms with E-state index in [2.05, 4.69) is 11.6 Å². The van der Waals surface area contributed by atoms with Crippen molar-refractivity contribution in [2.24, 2.45) is 7.05 Å². The van der Waals surface area contributed by atoms with Crippen LogP contribution in [0.1, 0.15) is 18.3 Å². The molecule has 3 heteroatoms. The van der Waals surface area contributed by atoms with E-state index in [1.165, 1.54) is 0 Å². The molecule has 78 valence electrons. The Morgan fingerprint density at radius 1 is 1.47 bits per heavy atom. The van der Waals surface area contributed by atoms with Gasteiger partial charge in [0, 0.05) is 18.7 Å². The molecule has 0 fully saturated rings. The summed E-state index contributed by atoms with van der Waals surface area (Å²) in [5.74, 6) is 1.18. The minimum absolute atomic E-state index is 0.244. The van der Waals surface area contributed by atoms with Gasteiger partial charge in [0.1, 0.15) is 11.6 Å². The SMILES string of the molecule is C=C(C)c1cc2c(cc1O)nc(C)n2C. The van der Waals surface area contributed by atoms with Crippen LogP contribution in [0.15, 0.2) is 18.7 Å². The van der Waals surface area contributed by atoms with E-state index >= 15 is 0 Å². The minimum Gasteiger partial charge on any atom is -0.507 e. The lowest BCUT2D eigenvalue weighted by atomic mass is 10.1. The number of nitrogens with zero attached hydrogens (tertiary/aromatic N) is 2. The number of aromatic hydroxyl groups is 1. The van der Waals surface area contributed by atoms with E-state index in [4.69, 9.17) is 0 Å². The Morgan fingerprint density at radius 2 is 2.13 bits per heavy atom. The standard InChI is InChI=1S/C12H14N2O/c1-7(2)9-5-11-10(6-12(9)15)13-8(3)14(11)4/h5-6,15H,1H2,2-4H3. The largest absolute Gasteiger partial charge is 0.507 e. The molecule has 0 radical (unpaired) electrons. The number of imidazole rings is 1. The summed E-state index contributed by atoms with van der Waals surface area (Å²) in [5.41, 5.74) is 3.47. The Bertz CT molecular complexity index is 552. The van der Waals surface area contributed by atoms with Crippen LogP contribution < -0.4 is 0 Å². The first kappa shape index (κ1) is 9.77. The molecule has 0 aliphatic heterocycles. The molecule has 0 amide bonds. The first-order valence-electron chi connectivity index (χ1n) is 4.82. The van der Waals surface area contributed by atoms with Gasteiger partial charge in [-0.25, -0.2) is 4.98 Å². The summed E-state index contributed by atoms with van der Waals surface area (Å²) in [5, 5.41) is 9.77. The van der Waals surface area contributed by atoms with Crippen molar-refractivity contribution >= 4 is 16.6 Å². The lowest BCUT2D eigenvalue weighted by molar-refractivity contribution is 0.474. The molecule has 1 aromatic carbocycles. The van der Waals surface area contributed by atoms with Crippen molar-refractivity contribution in [2.75, 3.05) is 0 Å². The Kier molecular flexibility index (Phi) is 2.03. The summed E-state index contributed by atoms with van der Waals surface area (Å²) in [6, 6.07) is 3.61. The predicted molar refractivity (Wildman–Crippen MR) is 61.8 cm³/mol. The average Bonchev–Trinajstić information content (AvgIpc) is 2.41. The van der Waals surface area contributed by atoms with E-state index in [1.54, 1.807) is 6.07 Å². The van der Waals surface area contributed by atoms with Crippen LogP contribution in [0.2, 0.25) is 0 Å². The van der Waals surface area contributed by atoms with Crippen LogP contribution in [0.5, 0.6) is 5.75 Å². The van der Waals surface area contributed by atoms with E-state index in [0.717, 1.165) is 28.0 Å². The van der Waals surface area contributed by atoms with Gasteiger partial charge in [-0.1, -0.05) is 6.58 Å². The number of benzene rings is 1. The molecule has 0 aliphatic rings. The minimum atomic E-state index is 0.244. The number of hydrogen-bond donors (Lipinski definition) is 1. The van der Waals surface area contributed by atoms with Gasteiger partial charge in [-0.15, -0.1) is 0 Å². The molecule has 15 heavy (non-hydrogen) atoms. The van der Waals surface area contributed by atoms with Crippen molar-refractivity contribution in [3.05, 3.63) is 30.1 Å². The number of phenolic OH excluding ortho intramolecular Hbond substituents is 1. The van der Waals surface area contributed by atoms with Crippen LogP contribution >= 0.6 is 0 Å². The number of aromatic nitrogens is 2. The van der Waals surface area contributed by atoms with Crippen LogP contribution in [-0.2, 0) is 7.05 Å². The van der Waals surface area contributed by atoms with Gasteiger partial charge in [0.05, 0.1) is 11.0 Å². The summed E-state index contributed by atoms with van der Waals surface area (Å²) in [4.78, 5) is 4.35. The van der Waals surface area contributed by atoms with Crippen molar-refractivity contribution in [3.8, 4) is 5.75 Å². The molecule has 0 saturated carbocycles. The maximum atomic E-state index is 9.77. The first-order valence-corrected chi connectivity index (χ1v) is 4.82. The fraction of sp³-hybridized carbons (Fsp3) is 0.250. The lowest BCUT2D eigenvalue weighted by Crippen LogP contribution is -1.90. The molecule has 0 unspecified atom stereocenters. The maximum Gasteiger partial charge on any atom is 0.125 e. The second kappa shape index (κ2) is 3.12. The Balaban J connectivity index is 2.83. The van der Waals surface area contributed by atoms with Gasteiger partial charge < -0.3 is 9.67 Å². The monoisotopic (exact) mass is 202 g/mol. The quantitative estimate of drug-likeness (QED) is 0.772. The number of phenols is 1. The van der Waals surface area contributed by atoms with Crippen molar-refractivity contribution in [1.29, 1.82) is 0 Å². The summed E-state index contributed by atoms with van der Waals surface area (Å²) in [6.45, 7) is 7.66. The van der Waals surface area contributed by atoms with E-state index in [-0.39, 0.29) is 5.75 Å². The van der Waals surface area contributed by atoms with Crippen LogP contribution in [0.4, 0.5) is 0 Å². The summed E-state index contributed by atoms with van der Waals surface area (Å²) in [6.07, 6.45) is 0. The molecule has 0 aliphatic carbocycles. The molecule has 0 spiro atoms. The van der Waals surface area contributed by atoms with Gasteiger partial charge in [0.25, 0.3) is 0 Å². The molecule has 1 heterocycles. The maximum absolute atomic E-state index is 9.77. The fourth-order valence-corrected chi connectivity index (χ4v) is 1.69. The van der Waals surface area contributed by atoms with Gasteiger partial charge in [-0.3, -0.25) is 0 Å². The first-order chi connectivity index (χ1) is 7.00. The van der Waals surface area contributed by atoms with Gasteiger partial charge in [0.15, 0.2) is 0 Å². The van der Waals surface area contributed by atoms with Crippen LogP contribution in [0, 0.1) is 6.92 Å². The number of hydrogen-bond acceptors (Lipinski definition) is 2. The molecule has 1 N–H and O–H groups in total. The van der Waals surface area contributed by atoms with Crippen molar-refractivity contribution < 1.29 is 5.11 Å². The molecule has 2 aromatic rings. The predicted octanol–water partition coefficient (Wildman–Crippen LogP) is 2.62. The molecule has 2 rings (SSSR count). The summed E-state index contributed by atoms with van der Waals surface area (Å²) >= 11 is 0. The van der Waals surface area contributed by atoms with Crippen LogP contribution in [-0.4, -0.2) is 14.7 Å². The highest BCUT2D eigenvalue weighted by Gasteiger charge is 2.09. The van der Waals surface area contributed by atoms with Crippen LogP contribution in [0.3, 0.4) is 0 Å². The van der Waals surface area contributed by atoms with Crippen LogP contribution in [0.25, 0.3) is 16.6 Å². The highest BCUT2D eigenvalue weighted by molar-refractivity contribution is 5.84. The van der Waals surface area contributed by atoms with E-state index in [9.17, 15) is 5.11 Å². The molecule has 0 atom stereocenters. The van der Waals surface area contributed by atoms with E-state index < -0.39 is 0 Å². The number of allylic oxidation sites excluding steroid dienone is 1. The Morgan fingerprint density at radius 3 is 2.73 bits per heavy atom. The average molecular weight is 202 g/mol. The number of aryl methyl sites for hydroxylation is 2. The lowest BCUT2D eigenvalue weighted by Gasteiger charge is -2.04. The Hall–Kier alpha value is -1.77. The second-order valence-corrected chi connectivity index (χ2v) is 3.86. The topological polar surface area (TPSA) is 38.1 Å². The Labute approximate surface area is 88.7 Å². The van der Waals surface area contributed by atoms with Gasteiger partial charge >= 0.3 is 0 Å². The molecular formula is C12H14N2O. The third-order valence-electron chi connectivity index (χ3n) is 2.68. The molecule has 3 nitrogen and oxygen atoms in total. The normalized spacial score (nSPS) is 10.9. The summed E-state index contributed by atoms with van der Waals surface area (Å²) < 4.78 is 2.00. The van der Waals surface area contributed by atoms with E-state index in [1.807, 2.05) is 31.5 Å². The molecule has 0 saturated heterocycles. The number of rotatable bonds is 1. The smallest absolute Gasteiger partial charge is 0.125 e. The number of fused-ring (bicyclic) bond motifs is 1. The zero-order valence-electron chi connectivity index (χ0n) is 9.20. The fourth-order valence-electron chi connectivity index (χ4n) is 1.69. The van der Waals surface area contributed by atoms with E-state index in [0.29, 0.717) is 0 Å². The third kappa shape index (κ3) is 1.40. The molecular weight excluding hydrogens is 188 g/mol. The molecule has 0 bridgehead atoms. The second-order valence-electron chi connectivity index (χ2n) is 3.86. The van der Waals surface area contributed by atoms with Crippen molar-refractivity contribution in [3.63, 3.8) is 0 Å². The van der Waals surface area contributed by atoms with Gasteiger partial charge in [-0.2, -0.15) is 0 Å². The third-order valence-corrected chi connectivity index (χ3v) is 2.68. The van der Waals surface area contributed by atoms with Crippen molar-refractivity contribution in [1.82, 2.24) is 9.55 Å².